The van der Waals surface area contributed by atoms with E-state index >= 15 is 0 Å². The van der Waals surface area contributed by atoms with Crippen molar-refractivity contribution in [3.63, 3.8) is 0 Å². The van der Waals surface area contributed by atoms with Crippen LogP contribution in [0.1, 0.15) is 16.7 Å². The third-order valence-electron chi connectivity index (χ3n) is 4.90. The highest BCUT2D eigenvalue weighted by Crippen LogP contribution is 2.24. The number of amides is 3. The Morgan fingerprint density at radius 2 is 1.96 bits per heavy atom. The first-order valence-electron chi connectivity index (χ1n) is 9.35. The molecule has 4 rings (SSSR count). The summed E-state index contributed by atoms with van der Waals surface area (Å²) >= 11 is 0. The maximum atomic E-state index is 12.4. The molecule has 28 heavy (non-hydrogen) atoms. The van der Waals surface area contributed by atoms with Crippen LogP contribution < -0.4 is 16.0 Å². The smallest absolute Gasteiger partial charge is 0.234 e. The number of carbonyl (C=O) groups excluding carboxylic acids is 3. The molecule has 1 saturated heterocycles. The zero-order valence-corrected chi connectivity index (χ0v) is 15.5. The molecule has 2 aromatic rings. The van der Waals surface area contributed by atoms with Crippen molar-refractivity contribution < 1.29 is 14.4 Å². The van der Waals surface area contributed by atoms with Crippen LogP contribution in [-0.4, -0.2) is 42.3 Å². The minimum absolute atomic E-state index is 0.0143. The molecule has 2 aliphatic rings. The SMILES string of the molecule is O=C1CN(Cc2cccc(NC(=O)Cc3ccc4c(c3)NC(=O)C4)c2)CCN1. The Hall–Kier alpha value is -3.19. The molecule has 2 aromatic carbocycles. The van der Waals surface area contributed by atoms with Crippen LogP contribution in [0.3, 0.4) is 0 Å². The van der Waals surface area contributed by atoms with E-state index in [1.165, 1.54) is 0 Å². The largest absolute Gasteiger partial charge is 0.354 e. The molecule has 3 amide bonds. The zero-order valence-electron chi connectivity index (χ0n) is 15.5. The number of anilines is 2. The van der Waals surface area contributed by atoms with Gasteiger partial charge in [-0.15, -0.1) is 0 Å². The summed E-state index contributed by atoms with van der Waals surface area (Å²) in [5.41, 5.74) is 4.40. The summed E-state index contributed by atoms with van der Waals surface area (Å²) in [7, 11) is 0. The summed E-state index contributed by atoms with van der Waals surface area (Å²) in [6.07, 6.45) is 0.632. The monoisotopic (exact) mass is 378 g/mol. The van der Waals surface area contributed by atoms with Gasteiger partial charge in [0, 0.05) is 31.0 Å². The molecule has 0 bridgehead atoms. The summed E-state index contributed by atoms with van der Waals surface area (Å²) in [5.74, 6) is -0.0837. The lowest BCUT2D eigenvalue weighted by atomic mass is 10.1. The zero-order chi connectivity index (χ0) is 19.5. The Morgan fingerprint density at radius 3 is 2.82 bits per heavy atom. The molecule has 7 heteroatoms. The first-order chi connectivity index (χ1) is 13.5. The first kappa shape index (κ1) is 18.2. The maximum absolute atomic E-state index is 12.4. The van der Waals surface area contributed by atoms with Gasteiger partial charge < -0.3 is 16.0 Å². The van der Waals surface area contributed by atoms with Crippen molar-refractivity contribution in [2.45, 2.75) is 19.4 Å². The van der Waals surface area contributed by atoms with Crippen molar-refractivity contribution in [2.24, 2.45) is 0 Å². The van der Waals surface area contributed by atoms with E-state index in [9.17, 15) is 14.4 Å². The van der Waals surface area contributed by atoms with E-state index in [2.05, 4.69) is 20.9 Å². The molecule has 0 saturated carbocycles. The van der Waals surface area contributed by atoms with Gasteiger partial charge in [0.1, 0.15) is 0 Å². The highest BCUT2D eigenvalue weighted by atomic mass is 16.2. The number of nitrogens with one attached hydrogen (secondary N) is 3. The van der Waals surface area contributed by atoms with E-state index < -0.39 is 0 Å². The molecule has 0 atom stereocenters. The summed E-state index contributed by atoms with van der Waals surface area (Å²) in [5, 5.41) is 8.55. The lowest BCUT2D eigenvalue weighted by molar-refractivity contribution is -0.124. The minimum atomic E-state index is -0.112. The van der Waals surface area contributed by atoms with E-state index in [1.54, 1.807) is 0 Å². The fourth-order valence-corrected chi connectivity index (χ4v) is 3.59. The van der Waals surface area contributed by atoms with E-state index in [1.807, 2.05) is 42.5 Å². The van der Waals surface area contributed by atoms with Gasteiger partial charge in [0.15, 0.2) is 0 Å². The van der Waals surface area contributed by atoms with Crippen LogP contribution in [0.5, 0.6) is 0 Å². The molecule has 1 fully saturated rings. The summed E-state index contributed by atoms with van der Waals surface area (Å²) in [4.78, 5) is 37.5. The number of nitrogens with zero attached hydrogens (tertiary/aromatic N) is 1. The number of hydrogen-bond donors (Lipinski definition) is 3. The topological polar surface area (TPSA) is 90.5 Å². The van der Waals surface area contributed by atoms with Gasteiger partial charge in [0.05, 0.1) is 19.4 Å². The molecule has 144 valence electrons. The summed E-state index contributed by atoms with van der Waals surface area (Å²) < 4.78 is 0. The lowest BCUT2D eigenvalue weighted by Gasteiger charge is -2.26. The summed E-state index contributed by atoms with van der Waals surface area (Å²) in [6.45, 7) is 2.54. The van der Waals surface area contributed by atoms with E-state index in [0.717, 1.165) is 34.6 Å². The third-order valence-corrected chi connectivity index (χ3v) is 4.90. The number of fused-ring (bicyclic) bond motifs is 1. The lowest BCUT2D eigenvalue weighted by Crippen LogP contribution is -2.47. The molecule has 0 radical (unpaired) electrons. The average molecular weight is 378 g/mol. The second-order valence-electron chi connectivity index (χ2n) is 7.20. The maximum Gasteiger partial charge on any atom is 0.234 e. The van der Waals surface area contributed by atoms with E-state index in [-0.39, 0.29) is 24.1 Å². The van der Waals surface area contributed by atoms with Crippen LogP contribution in [0.15, 0.2) is 42.5 Å². The number of benzene rings is 2. The predicted molar refractivity (Wildman–Crippen MR) is 106 cm³/mol. The molecular formula is C21H22N4O3. The number of hydrogen-bond acceptors (Lipinski definition) is 4. The molecule has 0 aliphatic carbocycles. The van der Waals surface area contributed by atoms with Crippen molar-refractivity contribution in [2.75, 3.05) is 30.3 Å². The van der Waals surface area contributed by atoms with Crippen LogP contribution in [0.2, 0.25) is 0 Å². The van der Waals surface area contributed by atoms with Crippen LogP contribution in [0.4, 0.5) is 11.4 Å². The van der Waals surface area contributed by atoms with Crippen molar-refractivity contribution >= 4 is 29.1 Å². The Morgan fingerprint density at radius 1 is 1.07 bits per heavy atom. The second-order valence-corrected chi connectivity index (χ2v) is 7.20. The Kier molecular flexibility index (Phi) is 5.08. The van der Waals surface area contributed by atoms with Gasteiger partial charge in [-0.2, -0.15) is 0 Å². The Labute approximate surface area is 163 Å². The molecule has 2 heterocycles. The third kappa shape index (κ3) is 4.37. The van der Waals surface area contributed by atoms with Gasteiger partial charge in [-0.25, -0.2) is 0 Å². The van der Waals surface area contributed by atoms with Gasteiger partial charge in [0.2, 0.25) is 17.7 Å². The molecule has 2 aliphatic heterocycles. The number of piperazine rings is 1. The fourth-order valence-electron chi connectivity index (χ4n) is 3.59. The van der Waals surface area contributed by atoms with Crippen molar-refractivity contribution in [1.29, 1.82) is 0 Å². The normalized spacial score (nSPS) is 16.3. The minimum Gasteiger partial charge on any atom is -0.354 e. The van der Waals surface area contributed by atoms with Gasteiger partial charge in [-0.3, -0.25) is 19.3 Å². The number of carbonyl (C=O) groups is 3. The first-order valence-corrected chi connectivity index (χ1v) is 9.35. The van der Waals surface area contributed by atoms with Crippen molar-refractivity contribution in [3.05, 3.63) is 59.2 Å². The molecule has 0 unspecified atom stereocenters. The Bertz CT molecular complexity index is 941. The highest BCUT2D eigenvalue weighted by molar-refractivity contribution is 5.99. The van der Waals surface area contributed by atoms with Gasteiger partial charge in [-0.1, -0.05) is 24.3 Å². The molecule has 7 nitrogen and oxygen atoms in total. The van der Waals surface area contributed by atoms with Crippen LogP contribution in [0.25, 0.3) is 0 Å². The Balaban J connectivity index is 1.36. The quantitative estimate of drug-likeness (QED) is 0.731. The van der Waals surface area contributed by atoms with E-state index in [4.69, 9.17) is 0 Å². The van der Waals surface area contributed by atoms with Gasteiger partial charge in [-0.05, 0) is 34.9 Å². The second kappa shape index (κ2) is 7.82. The summed E-state index contributed by atoms with van der Waals surface area (Å²) in [6, 6.07) is 13.3. The molecule has 3 N–H and O–H groups in total. The van der Waals surface area contributed by atoms with E-state index in [0.29, 0.717) is 26.1 Å². The van der Waals surface area contributed by atoms with Gasteiger partial charge in [0.25, 0.3) is 0 Å². The highest BCUT2D eigenvalue weighted by Gasteiger charge is 2.18. The van der Waals surface area contributed by atoms with Crippen LogP contribution >= 0.6 is 0 Å². The van der Waals surface area contributed by atoms with Crippen molar-refractivity contribution in [3.8, 4) is 0 Å². The number of rotatable bonds is 5. The average Bonchev–Trinajstić information content (AvgIpc) is 3.01. The van der Waals surface area contributed by atoms with Gasteiger partial charge >= 0.3 is 0 Å². The van der Waals surface area contributed by atoms with Crippen molar-refractivity contribution in [1.82, 2.24) is 10.2 Å². The van der Waals surface area contributed by atoms with Crippen LogP contribution in [0, 0.1) is 0 Å². The van der Waals surface area contributed by atoms with Crippen LogP contribution in [-0.2, 0) is 33.8 Å². The molecule has 0 aromatic heterocycles. The predicted octanol–water partition coefficient (Wildman–Crippen LogP) is 1.29. The molecule has 0 spiro atoms. The standard InChI is InChI=1S/C21H22N4O3/c26-19(10-14-4-5-16-11-20(27)24-18(16)9-14)23-17-3-1-2-15(8-17)12-25-7-6-22-21(28)13-25/h1-5,8-9H,6-7,10-13H2,(H,22,28)(H,23,26)(H,24,27). The molecular weight excluding hydrogens is 356 g/mol. The fraction of sp³-hybridized carbons (Fsp3) is 0.286.